The van der Waals surface area contributed by atoms with Crippen LogP contribution in [0.2, 0.25) is 16.1 Å². The van der Waals surface area contributed by atoms with E-state index in [0.717, 1.165) is 12.0 Å². The fourth-order valence-corrected chi connectivity index (χ4v) is 13.5. The number of nitrogens with zero attached hydrogens (tertiary/aromatic N) is 4. The molecule has 1 unspecified atom stereocenters. The number of nitrogens with one attached hydrogen (secondary N) is 1. The first-order valence-corrected chi connectivity index (χ1v) is 16.5. The van der Waals surface area contributed by atoms with E-state index in [-0.39, 0.29) is 21.7 Å². The zero-order chi connectivity index (χ0) is 31.6. The third-order valence-corrected chi connectivity index (χ3v) is 15.6. The van der Waals surface area contributed by atoms with E-state index in [2.05, 4.69) is 109 Å². The maximum absolute atomic E-state index is 11.7. The van der Waals surface area contributed by atoms with Crippen LogP contribution in [0.1, 0.15) is 108 Å². The number of hydrogen-bond donors (Lipinski definition) is 2. The van der Waals surface area contributed by atoms with Gasteiger partial charge in [-0.3, -0.25) is 10.3 Å². The third kappa shape index (κ3) is 7.16. The van der Waals surface area contributed by atoms with Crippen LogP contribution in [0.4, 0.5) is 10.6 Å². The Morgan fingerprint density at radius 3 is 2.07 bits per heavy atom. The van der Waals surface area contributed by atoms with Crippen molar-refractivity contribution in [1.29, 1.82) is 5.26 Å². The van der Waals surface area contributed by atoms with E-state index >= 15 is 0 Å². The first-order valence-electron chi connectivity index (χ1n) is 14.4. The molecule has 2 aromatic rings. The van der Waals surface area contributed by atoms with Crippen molar-refractivity contribution in [2.75, 3.05) is 5.32 Å². The van der Waals surface area contributed by atoms with Crippen molar-refractivity contribution < 1.29 is 9.90 Å². The highest BCUT2D eigenvalue weighted by Crippen LogP contribution is 2.64. The lowest BCUT2D eigenvalue weighted by Crippen LogP contribution is -2.57. The van der Waals surface area contributed by atoms with Gasteiger partial charge in [-0.05, 0) is 59.4 Å². The molecule has 7 nitrogen and oxygen atoms in total. The lowest BCUT2D eigenvalue weighted by atomic mass is 9.72. The van der Waals surface area contributed by atoms with Gasteiger partial charge in [0, 0.05) is 11.8 Å². The van der Waals surface area contributed by atoms with Crippen molar-refractivity contribution in [2.24, 2.45) is 10.8 Å². The summed E-state index contributed by atoms with van der Waals surface area (Å²) in [5.74, 6) is 3.51. The van der Waals surface area contributed by atoms with E-state index in [4.69, 9.17) is 4.98 Å². The summed E-state index contributed by atoms with van der Waals surface area (Å²) < 4.78 is 0. The first-order chi connectivity index (χ1) is 18.6. The van der Waals surface area contributed by atoms with E-state index in [1.807, 2.05) is 26.0 Å². The maximum atomic E-state index is 11.7. The minimum absolute atomic E-state index is 0.0215. The number of carboxylic acid groups (broad SMARTS) is 1. The Morgan fingerprint density at radius 1 is 1.02 bits per heavy atom. The molecule has 0 fully saturated rings. The Bertz CT molecular complexity index is 1360. The van der Waals surface area contributed by atoms with Crippen molar-refractivity contribution in [3.63, 3.8) is 0 Å². The van der Waals surface area contributed by atoms with Gasteiger partial charge in [0.1, 0.15) is 8.07 Å². The van der Waals surface area contributed by atoms with E-state index < -0.39 is 19.6 Å². The molecule has 0 bridgehead atoms. The Labute approximate surface area is 248 Å². The molecule has 1 atom stereocenters. The fourth-order valence-electron chi connectivity index (χ4n) is 6.42. The highest BCUT2D eigenvalue weighted by Gasteiger charge is 2.59. The Hall–Kier alpha value is -3.23. The number of nitriles is 1. The summed E-state index contributed by atoms with van der Waals surface area (Å²) in [5.41, 5.74) is 6.02. The molecule has 0 aromatic carbocycles. The zero-order valence-corrected chi connectivity index (χ0v) is 28.3. The second-order valence-corrected chi connectivity index (χ2v) is 20.2. The smallest absolute Gasteiger partial charge is 0.410 e. The number of amides is 1. The van der Waals surface area contributed by atoms with E-state index in [9.17, 15) is 15.2 Å². The molecule has 0 aliphatic rings. The predicted molar refractivity (Wildman–Crippen MR) is 170 cm³/mol. The van der Waals surface area contributed by atoms with Gasteiger partial charge in [0.25, 0.3) is 0 Å². The summed E-state index contributed by atoms with van der Waals surface area (Å²) in [4.78, 5) is 25.3. The molecular weight excluding hydrogens is 526 g/mol. The topological polar surface area (TPSA) is 112 Å². The highest BCUT2D eigenvalue weighted by atomic mass is 28.3. The Morgan fingerprint density at radius 2 is 1.61 bits per heavy atom. The standard InChI is InChI=1S/C33H49N5O2Si/c1-22(2)41(23(3)4,33(13,31(8,9)10)20-30(5,6)7)17-15-25-28(38-29(39)40)36-19-26(37-25)24-14-16-35-27(18-24)32(11,12)21-34/h14,16,18-19,22-23H,20H2,1-13H3,(H,36,38)(H,39,40). The summed E-state index contributed by atoms with van der Waals surface area (Å²) in [6.07, 6.45) is 2.97. The van der Waals surface area contributed by atoms with Crippen molar-refractivity contribution >= 4 is 20.0 Å². The molecule has 8 heteroatoms. The summed E-state index contributed by atoms with van der Waals surface area (Å²) in [5, 5.41) is 21.5. The third-order valence-electron chi connectivity index (χ3n) is 8.63. The van der Waals surface area contributed by atoms with Gasteiger partial charge in [0.05, 0.1) is 29.1 Å². The molecular formula is C33H49N5O2Si. The molecule has 1 amide bonds. The maximum Gasteiger partial charge on any atom is 0.410 e. The molecule has 0 aliphatic carbocycles. The van der Waals surface area contributed by atoms with Crippen LogP contribution >= 0.6 is 0 Å². The lowest BCUT2D eigenvalue weighted by molar-refractivity contribution is 0.185. The number of carbonyl (C=O) groups is 1. The molecule has 222 valence electrons. The van der Waals surface area contributed by atoms with E-state index in [1.165, 1.54) is 6.20 Å². The van der Waals surface area contributed by atoms with Gasteiger partial charge in [-0.2, -0.15) is 5.26 Å². The van der Waals surface area contributed by atoms with Crippen LogP contribution in [-0.4, -0.2) is 34.2 Å². The van der Waals surface area contributed by atoms with Gasteiger partial charge < -0.3 is 5.11 Å². The average Bonchev–Trinajstić information content (AvgIpc) is 2.82. The van der Waals surface area contributed by atoms with Gasteiger partial charge in [0.2, 0.25) is 0 Å². The second-order valence-electron chi connectivity index (χ2n) is 14.8. The molecule has 2 aromatic heterocycles. The van der Waals surface area contributed by atoms with Crippen LogP contribution in [0.5, 0.6) is 0 Å². The van der Waals surface area contributed by atoms with Crippen molar-refractivity contribution in [1.82, 2.24) is 15.0 Å². The quantitative estimate of drug-likeness (QED) is 0.252. The number of hydrogen-bond acceptors (Lipinski definition) is 5. The minimum atomic E-state index is -2.48. The number of anilines is 1. The lowest BCUT2D eigenvalue weighted by Gasteiger charge is -2.58. The monoisotopic (exact) mass is 575 g/mol. The molecule has 0 aliphatic heterocycles. The average molecular weight is 576 g/mol. The van der Waals surface area contributed by atoms with Crippen LogP contribution in [-0.2, 0) is 5.41 Å². The Balaban J connectivity index is 2.90. The minimum Gasteiger partial charge on any atom is -0.465 e. The van der Waals surface area contributed by atoms with Crippen LogP contribution < -0.4 is 5.32 Å². The van der Waals surface area contributed by atoms with Gasteiger partial charge in [0.15, 0.2) is 11.5 Å². The fraction of sp³-hybridized carbons (Fsp3) is 0.606. The molecule has 2 heterocycles. The molecule has 0 saturated carbocycles. The van der Waals surface area contributed by atoms with Crippen molar-refractivity contribution in [3.05, 3.63) is 35.9 Å². The zero-order valence-electron chi connectivity index (χ0n) is 27.3. The van der Waals surface area contributed by atoms with Gasteiger partial charge >= 0.3 is 6.09 Å². The van der Waals surface area contributed by atoms with Crippen LogP contribution in [0.15, 0.2) is 24.5 Å². The van der Waals surface area contributed by atoms with Crippen LogP contribution in [0.25, 0.3) is 11.3 Å². The van der Waals surface area contributed by atoms with Gasteiger partial charge in [-0.1, -0.05) is 82.1 Å². The summed E-state index contributed by atoms with van der Waals surface area (Å²) in [6.45, 7) is 29.1. The summed E-state index contributed by atoms with van der Waals surface area (Å²) in [7, 11) is -2.48. The molecule has 2 N–H and O–H groups in total. The van der Waals surface area contributed by atoms with Gasteiger partial charge in [-0.25, -0.2) is 14.8 Å². The van der Waals surface area contributed by atoms with Crippen LogP contribution in [0, 0.1) is 33.6 Å². The molecule has 0 saturated heterocycles. The SMILES string of the molecule is CC(C)[Si](C#Cc1nc(-c2ccnc(C(C)(C)C#N)c2)cnc1NC(=O)O)(C(C)C)C(C)(CC(C)(C)C)C(C)(C)C. The highest BCUT2D eigenvalue weighted by molar-refractivity contribution is 6.92. The number of rotatable bonds is 7. The van der Waals surface area contributed by atoms with Gasteiger partial charge in [-0.15, -0.1) is 5.54 Å². The molecule has 2 rings (SSSR count). The first kappa shape index (κ1) is 34.0. The van der Waals surface area contributed by atoms with Crippen molar-refractivity contribution in [3.8, 4) is 28.8 Å². The van der Waals surface area contributed by atoms with E-state index in [1.54, 1.807) is 6.20 Å². The van der Waals surface area contributed by atoms with E-state index in [0.29, 0.717) is 28.2 Å². The summed E-state index contributed by atoms with van der Waals surface area (Å²) in [6, 6.07) is 5.93. The normalized spacial score (nSPS) is 14.2. The molecule has 0 spiro atoms. The summed E-state index contributed by atoms with van der Waals surface area (Å²) >= 11 is 0. The van der Waals surface area contributed by atoms with Crippen molar-refractivity contribution in [2.45, 2.75) is 118 Å². The Kier molecular flexibility index (Phi) is 9.89. The largest absolute Gasteiger partial charge is 0.465 e. The molecule has 41 heavy (non-hydrogen) atoms. The number of aromatic nitrogens is 3. The number of pyridine rings is 1. The predicted octanol–water partition coefficient (Wildman–Crippen LogP) is 8.83. The molecule has 0 radical (unpaired) electrons. The second kappa shape index (κ2) is 11.9. The van der Waals surface area contributed by atoms with Crippen LogP contribution in [0.3, 0.4) is 0 Å².